The van der Waals surface area contributed by atoms with Gasteiger partial charge < -0.3 is 14.2 Å². The summed E-state index contributed by atoms with van der Waals surface area (Å²) in [5.74, 6) is 0.734. The number of aromatic nitrogens is 3. The van der Waals surface area contributed by atoms with Gasteiger partial charge in [-0.2, -0.15) is 0 Å². The first-order valence-electron chi connectivity index (χ1n) is 10.3. The van der Waals surface area contributed by atoms with Gasteiger partial charge in [-0.3, -0.25) is 4.79 Å². The van der Waals surface area contributed by atoms with Gasteiger partial charge in [0.25, 0.3) is 5.91 Å². The maximum atomic E-state index is 14.3. The normalized spacial score (nSPS) is 16.3. The van der Waals surface area contributed by atoms with Gasteiger partial charge in [-0.15, -0.1) is 0 Å². The molecule has 1 aliphatic heterocycles. The monoisotopic (exact) mass is 406 g/mol. The van der Waals surface area contributed by atoms with Gasteiger partial charge in [0.05, 0.1) is 37.0 Å². The van der Waals surface area contributed by atoms with E-state index in [0.29, 0.717) is 42.0 Å². The maximum absolute atomic E-state index is 14.3. The minimum atomic E-state index is -0.327. The zero-order valence-corrected chi connectivity index (χ0v) is 16.8. The van der Waals surface area contributed by atoms with Crippen LogP contribution in [-0.4, -0.2) is 38.5 Å². The number of imidazole rings is 1. The van der Waals surface area contributed by atoms with E-state index in [4.69, 9.17) is 4.74 Å². The van der Waals surface area contributed by atoms with Gasteiger partial charge in [0.1, 0.15) is 11.6 Å². The molecule has 154 valence electrons. The molecule has 0 N–H and O–H groups in total. The van der Waals surface area contributed by atoms with Crippen LogP contribution in [0.3, 0.4) is 0 Å². The molecule has 30 heavy (non-hydrogen) atoms. The number of nitrogens with zero attached hydrogens (tertiary/aromatic N) is 4. The van der Waals surface area contributed by atoms with Crippen LogP contribution in [0.15, 0.2) is 42.7 Å². The molecule has 0 unspecified atom stereocenters. The highest BCUT2D eigenvalue weighted by atomic mass is 19.1. The van der Waals surface area contributed by atoms with E-state index in [1.54, 1.807) is 37.7 Å². The van der Waals surface area contributed by atoms with Gasteiger partial charge in [0.2, 0.25) is 5.88 Å². The van der Waals surface area contributed by atoms with E-state index in [2.05, 4.69) is 9.97 Å². The van der Waals surface area contributed by atoms with Crippen LogP contribution in [0.1, 0.15) is 47.3 Å². The van der Waals surface area contributed by atoms with E-state index >= 15 is 0 Å². The Kier molecular flexibility index (Phi) is 4.73. The van der Waals surface area contributed by atoms with Crippen LogP contribution in [0.5, 0.6) is 5.88 Å². The molecule has 3 heterocycles. The fourth-order valence-electron chi connectivity index (χ4n) is 4.58. The van der Waals surface area contributed by atoms with E-state index in [9.17, 15) is 9.18 Å². The van der Waals surface area contributed by atoms with Crippen molar-refractivity contribution in [3.05, 3.63) is 65.4 Å². The molecule has 1 aliphatic carbocycles. The number of hydrogen-bond acceptors (Lipinski definition) is 4. The number of pyridine rings is 1. The van der Waals surface area contributed by atoms with Crippen LogP contribution in [0.25, 0.3) is 11.4 Å². The Hall–Kier alpha value is -3.22. The minimum absolute atomic E-state index is 0.0493. The topological polar surface area (TPSA) is 60.2 Å². The number of carbonyl (C=O) groups is 1. The second kappa shape index (κ2) is 7.55. The molecule has 1 aromatic carbocycles. The van der Waals surface area contributed by atoms with Crippen molar-refractivity contribution in [1.29, 1.82) is 0 Å². The van der Waals surface area contributed by atoms with E-state index in [0.717, 1.165) is 24.1 Å². The highest BCUT2D eigenvalue weighted by molar-refractivity contribution is 5.98. The summed E-state index contributed by atoms with van der Waals surface area (Å²) in [7, 11) is 1.58. The molecule has 7 heteroatoms. The Labute approximate surface area is 174 Å². The van der Waals surface area contributed by atoms with Gasteiger partial charge in [-0.05, 0) is 31.0 Å². The Morgan fingerprint density at radius 2 is 2.00 bits per heavy atom. The van der Waals surface area contributed by atoms with Crippen LogP contribution >= 0.6 is 0 Å². The Morgan fingerprint density at radius 1 is 1.20 bits per heavy atom. The number of carbonyl (C=O) groups excluding carboxylic acids is 1. The molecule has 2 aliphatic rings. The number of ether oxygens (including phenoxy) is 1. The summed E-state index contributed by atoms with van der Waals surface area (Å²) in [5, 5.41) is 0. The summed E-state index contributed by atoms with van der Waals surface area (Å²) < 4.78 is 21.7. The van der Waals surface area contributed by atoms with Crippen molar-refractivity contribution in [2.24, 2.45) is 0 Å². The molecule has 2 aromatic heterocycles. The molecule has 5 rings (SSSR count). The predicted octanol–water partition coefficient (Wildman–Crippen LogP) is 4.04. The van der Waals surface area contributed by atoms with Crippen molar-refractivity contribution < 1.29 is 13.9 Å². The van der Waals surface area contributed by atoms with Gasteiger partial charge in [-0.1, -0.05) is 25.0 Å². The molecule has 1 saturated carbocycles. The molecule has 6 nitrogen and oxygen atoms in total. The fraction of sp³-hybridized carbons (Fsp3) is 0.348. The Bertz CT molecular complexity index is 1100. The number of methoxy groups -OCH3 is 1. The molecule has 0 bridgehead atoms. The minimum Gasteiger partial charge on any atom is -0.481 e. The highest BCUT2D eigenvalue weighted by Gasteiger charge is 2.36. The highest BCUT2D eigenvalue weighted by Crippen LogP contribution is 2.33. The van der Waals surface area contributed by atoms with E-state index < -0.39 is 0 Å². The quantitative estimate of drug-likeness (QED) is 0.642. The number of halogens is 1. The molecule has 1 amide bonds. The average molecular weight is 406 g/mol. The SMILES string of the molecule is COc1nc2c(cc1Cn1ccnc1-c1ccccc1F)C(=O)N(C1CCCC1)C2. The maximum Gasteiger partial charge on any atom is 0.256 e. The van der Waals surface area contributed by atoms with E-state index in [1.165, 1.54) is 18.9 Å². The summed E-state index contributed by atoms with van der Waals surface area (Å²) in [6.07, 6.45) is 7.90. The van der Waals surface area contributed by atoms with Crippen LogP contribution < -0.4 is 4.74 Å². The Balaban J connectivity index is 1.48. The van der Waals surface area contributed by atoms with E-state index in [1.807, 2.05) is 15.5 Å². The first-order valence-corrected chi connectivity index (χ1v) is 10.3. The number of rotatable bonds is 5. The lowest BCUT2D eigenvalue weighted by Crippen LogP contribution is -2.33. The van der Waals surface area contributed by atoms with Crippen LogP contribution in [-0.2, 0) is 13.1 Å². The first kappa shape index (κ1) is 18.8. The summed E-state index contributed by atoms with van der Waals surface area (Å²) in [6.45, 7) is 0.921. The molecule has 0 spiro atoms. The standard InChI is InChI=1S/C23H23FN4O2/c1-30-22-15(13-27-11-10-25-21(27)17-8-4-5-9-19(17)24)12-18-20(26-22)14-28(23(18)29)16-6-2-3-7-16/h4-5,8-12,16H,2-3,6-7,13-14H2,1H3. The lowest BCUT2D eigenvalue weighted by Gasteiger charge is -2.22. The van der Waals surface area contributed by atoms with Crippen molar-refractivity contribution in [2.45, 2.75) is 44.8 Å². The predicted molar refractivity (Wildman–Crippen MR) is 110 cm³/mol. The lowest BCUT2D eigenvalue weighted by atomic mass is 10.1. The molecule has 1 fully saturated rings. The number of fused-ring (bicyclic) bond motifs is 1. The molecular weight excluding hydrogens is 383 g/mol. The summed E-state index contributed by atoms with van der Waals surface area (Å²) in [5.41, 5.74) is 2.62. The van der Waals surface area contributed by atoms with Crippen molar-refractivity contribution >= 4 is 5.91 Å². The average Bonchev–Trinajstić information content (AvgIpc) is 3.49. The van der Waals surface area contributed by atoms with Crippen LogP contribution in [0.2, 0.25) is 0 Å². The fourth-order valence-corrected chi connectivity index (χ4v) is 4.58. The third kappa shape index (κ3) is 3.14. The molecule has 0 atom stereocenters. The molecule has 3 aromatic rings. The van der Waals surface area contributed by atoms with Gasteiger partial charge in [-0.25, -0.2) is 14.4 Å². The van der Waals surface area contributed by atoms with Crippen molar-refractivity contribution in [1.82, 2.24) is 19.4 Å². The first-order chi connectivity index (χ1) is 14.7. The summed E-state index contributed by atoms with van der Waals surface area (Å²) in [6, 6.07) is 8.75. The molecule has 0 saturated heterocycles. The smallest absolute Gasteiger partial charge is 0.256 e. The third-order valence-electron chi connectivity index (χ3n) is 6.08. The van der Waals surface area contributed by atoms with Crippen molar-refractivity contribution in [3.8, 4) is 17.3 Å². The zero-order chi connectivity index (χ0) is 20.7. The van der Waals surface area contributed by atoms with Crippen LogP contribution in [0.4, 0.5) is 4.39 Å². The van der Waals surface area contributed by atoms with Gasteiger partial charge in [0.15, 0.2) is 0 Å². The van der Waals surface area contributed by atoms with Crippen LogP contribution in [0, 0.1) is 5.82 Å². The van der Waals surface area contributed by atoms with Crippen molar-refractivity contribution in [3.63, 3.8) is 0 Å². The van der Waals surface area contributed by atoms with Gasteiger partial charge >= 0.3 is 0 Å². The third-order valence-corrected chi connectivity index (χ3v) is 6.08. The largest absolute Gasteiger partial charge is 0.481 e. The second-order valence-corrected chi connectivity index (χ2v) is 7.88. The number of hydrogen-bond donors (Lipinski definition) is 0. The van der Waals surface area contributed by atoms with Crippen molar-refractivity contribution in [2.75, 3.05) is 7.11 Å². The number of benzene rings is 1. The van der Waals surface area contributed by atoms with Gasteiger partial charge in [0, 0.05) is 24.0 Å². The Morgan fingerprint density at radius 3 is 2.77 bits per heavy atom. The second-order valence-electron chi connectivity index (χ2n) is 7.88. The summed E-state index contributed by atoms with van der Waals surface area (Å²) >= 11 is 0. The zero-order valence-electron chi connectivity index (χ0n) is 16.8. The molecular formula is C23H23FN4O2. The van der Waals surface area contributed by atoms with E-state index in [-0.39, 0.29) is 11.7 Å². The summed E-state index contributed by atoms with van der Waals surface area (Å²) in [4.78, 5) is 24.0. The molecule has 0 radical (unpaired) electrons. The number of amides is 1. The lowest BCUT2D eigenvalue weighted by molar-refractivity contribution is 0.0706.